The van der Waals surface area contributed by atoms with Crippen molar-refractivity contribution in [3.63, 3.8) is 0 Å². The topological polar surface area (TPSA) is 56.1 Å². The van der Waals surface area contributed by atoms with Gasteiger partial charge in [0.1, 0.15) is 5.75 Å². The second kappa shape index (κ2) is 8.26. The largest absolute Gasteiger partial charge is 0.497 e. The summed E-state index contributed by atoms with van der Waals surface area (Å²) in [6, 6.07) is 20.2. The molecule has 0 aliphatic rings. The number of nitrogens with one attached hydrogen (secondary N) is 1. The Morgan fingerprint density at radius 2 is 1.65 bits per heavy atom. The summed E-state index contributed by atoms with van der Waals surface area (Å²) in [5.74, 6) is 0.470. The van der Waals surface area contributed by atoms with Gasteiger partial charge < -0.3 is 10.1 Å². The molecule has 0 saturated carbocycles. The molecule has 0 spiro atoms. The summed E-state index contributed by atoms with van der Waals surface area (Å²) in [6.45, 7) is 7.88. The molecule has 4 aromatic rings. The van der Waals surface area contributed by atoms with E-state index in [2.05, 4.69) is 35.5 Å². The van der Waals surface area contributed by atoms with E-state index in [1.54, 1.807) is 7.11 Å². The molecule has 1 heterocycles. The van der Waals surface area contributed by atoms with Crippen LogP contribution in [0.3, 0.4) is 0 Å². The summed E-state index contributed by atoms with van der Waals surface area (Å²) in [5.41, 5.74) is 5.61. The predicted octanol–water partition coefficient (Wildman–Crippen LogP) is 5.70. The number of amides is 1. The van der Waals surface area contributed by atoms with Crippen LogP contribution in [0.2, 0.25) is 0 Å². The molecule has 0 fully saturated rings. The zero-order valence-electron chi connectivity index (χ0n) is 18.6. The van der Waals surface area contributed by atoms with Crippen molar-refractivity contribution in [3.8, 4) is 11.4 Å². The minimum absolute atomic E-state index is 0.0532. The SMILES string of the molecule is COc1ccc2cc([C@@H](C)C(=O)Nc3c(C)nn(-c4ccc(C)cc4)c3C)ccc2c1. The van der Waals surface area contributed by atoms with Crippen molar-refractivity contribution in [2.45, 2.75) is 33.6 Å². The number of benzene rings is 3. The fourth-order valence-electron chi connectivity index (χ4n) is 3.78. The van der Waals surface area contributed by atoms with Crippen LogP contribution in [0, 0.1) is 20.8 Å². The Labute approximate surface area is 182 Å². The number of ether oxygens (including phenoxy) is 1. The molecule has 0 radical (unpaired) electrons. The van der Waals surface area contributed by atoms with Crippen molar-refractivity contribution in [2.24, 2.45) is 0 Å². The second-order valence-electron chi connectivity index (χ2n) is 7.98. The molecule has 31 heavy (non-hydrogen) atoms. The van der Waals surface area contributed by atoms with E-state index >= 15 is 0 Å². The number of fused-ring (bicyclic) bond motifs is 1. The van der Waals surface area contributed by atoms with Crippen LogP contribution < -0.4 is 10.1 Å². The maximum Gasteiger partial charge on any atom is 0.231 e. The van der Waals surface area contributed by atoms with Crippen molar-refractivity contribution in [1.29, 1.82) is 0 Å². The highest BCUT2D eigenvalue weighted by Crippen LogP contribution is 2.28. The minimum atomic E-state index is -0.298. The number of nitrogens with zero attached hydrogens (tertiary/aromatic N) is 2. The van der Waals surface area contributed by atoms with Crippen molar-refractivity contribution >= 4 is 22.4 Å². The lowest BCUT2D eigenvalue weighted by atomic mass is 9.97. The molecule has 0 bridgehead atoms. The number of anilines is 1. The highest BCUT2D eigenvalue weighted by Gasteiger charge is 2.20. The van der Waals surface area contributed by atoms with Gasteiger partial charge >= 0.3 is 0 Å². The van der Waals surface area contributed by atoms with E-state index in [1.807, 2.05) is 67.9 Å². The smallest absolute Gasteiger partial charge is 0.231 e. The van der Waals surface area contributed by atoms with Crippen LogP contribution in [0.25, 0.3) is 16.5 Å². The molecule has 5 heteroatoms. The minimum Gasteiger partial charge on any atom is -0.497 e. The van der Waals surface area contributed by atoms with Gasteiger partial charge in [-0.1, -0.05) is 42.0 Å². The standard InChI is InChI=1S/C26H27N3O2/c1-16-6-11-23(12-7-16)29-19(4)25(18(3)28-29)27-26(30)17(2)20-8-9-22-15-24(31-5)13-10-21(22)14-20/h6-15,17H,1-5H3,(H,27,30)/t17-/m1/s1. The lowest BCUT2D eigenvalue weighted by molar-refractivity contribution is -0.117. The summed E-state index contributed by atoms with van der Waals surface area (Å²) >= 11 is 0. The second-order valence-corrected chi connectivity index (χ2v) is 7.98. The summed E-state index contributed by atoms with van der Waals surface area (Å²) in [6.07, 6.45) is 0. The molecule has 1 amide bonds. The monoisotopic (exact) mass is 413 g/mol. The van der Waals surface area contributed by atoms with Gasteiger partial charge in [0.25, 0.3) is 0 Å². The van der Waals surface area contributed by atoms with Gasteiger partial charge in [-0.2, -0.15) is 5.10 Å². The average molecular weight is 414 g/mol. The molecular formula is C26H27N3O2. The summed E-state index contributed by atoms with van der Waals surface area (Å²) in [5, 5.41) is 9.91. The number of carbonyl (C=O) groups is 1. The lowest BCUT2D eigenvalue weighted by Gasteiger charge is -2.14. The Balaban J connectivity index is 1.58. The van der Waals surface area contributed by atoms with E-state index in [0.717, 1.165) is 44.8 Å². The first kappa shape index (κ1) is 20.7. The van der Waals surface area contributed by atoms with E-state index < -0.39 is 0 Å². The Bertz CT molecular complexity index is 1260. The van der Waals surface area contributed by atoms with Gasteiger partial charge in [0.05, 0.1) is 35.8 Å². The molecule has 0 aliphatic heterocycles. The number of aromatic nitrogens is 2. The van der Waals surface area contributed by atoms with E-state index in [9.17, 15) is 4.79 Å². The highest BCUT2D eigenvalue weighted by atomic mass is 16.5. The molecule has 4 rings (SSSR count). The molecule has 1 atom stereocenters. The van der Waals surface area contributed by atoms with Crippen LogP contribution in [0.15, 0.2) is 60.7 Å². The molecular weight excluding hydrogens is 386 g/mol. The molecule has 0 unspecified atom stereocenters. The summed E-state index contributed by atoms with van der Waals surface area (Å²) in [4.78, 5) is 13.1. The maximum atomic E-state index is 13.1. The number of methoxy groups -OCH3 is 1. The van der Waals surface area contributed by atoms with Crippen LogP contribution in [0.1, 0.15) is 35.4 Å². The Morgan fingerprint density at radius 3 is 2.35 bits per heavy atom. The van der Waals surface area contributed by atoms with Crippen LogP contribution in [-0.2, 0) is 4.79 Å². The first-order valence-corrected chi connectivity index (χ1v) is 10.4. The van der Waals surface area contributed by atoms with Crippen molar-refractivity contribution in [3.05, 3.63) is 83.2 Å². The van der Waals surface area contributed by atoms with Crippen LogP contribution in [-0.4, -0.2) is 22.8 Å². The van der Waals surface area contributed by atoms with Gasteiger partial charge in [-0.15, -0.1) is 0 Å². The van der Waals surface area contributed by atoms with E-state index in [-0.39, 0.29) is 11.8 Å². The third kappa shape index (κ3) is 4.04. The van der Waals surface area contributed by atoms with Crippen LogP contribution in [0.5, 0.6) is 5.75 Å². The molecule has 0 aliphatic carbocycles. The first-order valence-electron chi connectivity index (χ1n) is 10.4. The van der Waals surface area contributed by atoms with Gasteiger partial charge in [-0.3, -0.25) is 4.79 Å². The van der Waals surface area contributed by atoms with Crippen molar-refractivity contribution < 1.29 is 9.53 Å². The summed E-state index contributed by atoms with van der Waals surface area (Å²) in [7, 11) is 1.66. The molecule has 0 saturated heterocycles. The van der Waals surface area contributed by atoms with Crippen LogP contribution >= 0.6 is 0 Å². The van der Waals surface area contributed by atoms with Gasteiger partial charge in [-0.05, 0) is 68.3 Å². The molecule has 1 aromatic heterocycles. The van der Waals surface area contributed by atoms with Gasteiger partial charge in [0.2, 0.25) is 5.91 Å². The van der Waals surface area contributed by atoms with Gasteiger partial charge in [-0.25, -0.2) is 4.68 Å². The molecule has 1 N–H and O–H groups in total. The third-order valence-electron chi connectivity index (χ3n) is 5.78. The number of aryl methyl sites for hydroxylation is 2. The Hall–Kier alpha value is -3.60. The van der Waals surface area contributed by atoms with Crippen molar-refractivity contribution in [2.75, 3.05) is 12.4 Å². The molecule has 158 valence electrons. The number of hydrogen-bond acceptors (Lipinski definition) is 3. The number of carbonyl (C=O) groups excluding carboxylic acids is 1. The third-order valence-corrected chi connectivity index (χ3v) is 5.78. The normalized spacial score (nSPS) is 12.0. The quantitative estimate of drug-likeness (QED) is 0.456. The Kier molecular flexibility index (Phi) is 5.51. The first-order chi connectivity index (χ1) is 14.9. The van der Waals surface area contributed by atoms with E-state index in [0.29, 0.717) is 0 Å². The number of hydrogen-bond donors (Lipinski definition) is 1. The maximum absolute atomic E-state index is 13.1. The predicted molar refractivity (Wildman–Crippen MR) is 125 cm³/mol. The van der Waals surface area contributed by atoms with Crippen LogP contribution in [0.4, 0.5) is 5.69 Å². The van der Waals surface area contributed by atoms with E-state index in [1.165, 1.54) is 5.56 Å². The van der Waals surface area contributed by atoms with Gasteiger partial charge in [0, 0.05) is 0 Å². The molecule has 3 aromatic carbocycles. The highest BCUT2D eigenvalue weighted by molar-refractivity contribution is 5.97. The van der Waals surface area contributed by atoms with Gasteiger partial charge in [0.15, 0.2) is 0 Å². The number of rotatable bonds is 5. The lowest BCUT2D eigenvalue weighted by Crippen LogP contribution is -2.19. The fourth-order valence-corrected chi connectivity index (χ4v) is 3.78. The molecule has 5 nitrogen and oxygen atoms in total. The zero-order chi connectivity index (χ0) is 22.1. The van der Waals surface area contributed by atoms with Crippen molar-refractivity contribution in [1.82, 2.24) is 9.78 Å². The zero-order valence-corrected chi connectivity index (χ0v) is 18.6. The fraction of sp³-hybridized carbons (Fsp3) is 0.231. The summed E-state index contributed by atoms with van der Waals surface area (Å²) < 4.78 is 7.17. The average Bonchev–Trinajstić information content (AvgIpc) is 3.06. The Morgan fingerprint density at radius 1 is 0.968 bits per heavy atom. The van der Waals surface area contributed by atoms with E-state index in [4.69, 9.17) is 4.74 Å².